The molecule has 0 amide bonds. The first-order valence-corrected chi connectivity index (χ1v) is 6.59. The van der Waals surface area contributed by atoms with Gasteiger partial charge in [0.25, 0.3) is 0 Å². The summed E-state index contributed by atoms with van der Waals surface area (Å²) in [4.78, 5) is 11.8. The summed E-state index contributed by atoms with van der Waals surface area (Å²) < 4.78 is 4.98. The van der Waals surface area contributed by atoms with Gasteiger partial charge in [0.15, 0.2) is 0 Å². The van der Waals surface area contributed by atoms with E-state index in [1.165, 1.54) is 0 Å². The molecule has 0 aliphatic heterocycles. The Hall–Kier alpha value is -1.34. The summed E-state index contributed by atoms with van der Waals surface area (Å²) in [6.07, 6.45) is 0.831. The first-order chi connectivity index (χ1) is 8.17. The number of nitriles is 1. The van der Waals surface area contributed by atoms with Gasteiger partial charge < -0.3 is 4.74 Å². The Morgan fingerprint density at radius 3 is 2.65 bits per heavy atom. The third-order valence-electron chi connectivity index (χ3n) is 2.43. The largest absolute Gasteiger partial charge is 0.462 e. The molecule has 0 atom stereocenters. The monoisotopic (exact) mass is 295 g/mol. The molecule has 4 heteroatoms. The number of esters is 1. The van der Waals surface area contributed by atoms with Gasteiger partial charge in [0, 0.05) is 5.33 Å². The van der Waals surface area contributed by atoms with Gasteiger partial charge in [0.2, 0.25) is 0 Å². The lowest BCUT2D eigenvalue weighted by molar-refractivity contribution is 0.0525. The average molecular weight is 296 g/mol. The summed E-state index contributed by atoms with van der Waals surface area (Å²) in [6.45, 7) is 4.07. The van der Waals surface area contributed by atoms with Crippen LogP contribution in [0.5, 0.6) is 0 Å². The molecule has 0 bridgehead atoms. The predicted molar refractivity (Wildman–Crippen MR) is 69.1 cm³/mol. The third-order valence-corrected chi connectivity index (χ3v) is 3.04. The minimum absolute atomic E-state index is 0.307. The number of halogens is 1. The van der Waals surface area contributed by atoms with Crippen molar-refractivity contribution in [2.24, 2.45) is 0 Å². The summed E-state index contributed by atoms with van der Waals surface area (Å²) >= 11 is 3.34. The van der Waals surface area contributed by atoms with Gasteiger partial charge >= 0.3 is 5.97 Å². The van der Waals surface area contributed by atoms with E-state index in [-0.39, 0.29) is 0 Å². The average Bonchev–Trinajstić information content (AvgIpc) is 2.37. The molecule has 0 fully saturated rings. The van der Waals surface area contributed by atoms with E-state index in [1.807, 2.05) is 13.0 Å². The molecule has 17 heavy (non-hydrogen) atoms. The zero-order valence-corrected chi connectivity index (χ0v) is 11.5. The number of hydrogen-bond acceptors (Lipinski definition) is 3. The van der Waals surface area contributed by atoms with Crippen molar-refractivity contribution in [3.8, 4) is 6.07 Å². The van der Waals surface area contributed by atoms with Crippen molar-refractivity contribution >= 4 is 21.9 Å². The van der Waals surface area contributed by atoms with Gasteiger partial charge in [-0.2, -0.15) is 5.26 Å². The number of benzene rings is 1. The first-order valence-electron chi connectivity index (χ1n) is 5.46. The maximum absolute atomic E-state index is 11.8. The van der Waals surface area contributed by atoms with Crippen LogP contribution in [0.4, 0.5) is 0 Å². The van der Waals surface area contributed by atoms with Crippen LogP contribution in [-0.4, -0.2) is 12.6 Å². The van der Waals surface area contributed by atoms with E-state index in [4.69, 9.17) is 10.00 Å². The van der Waals surface area contributed by atoms with Crippen molar-refractivity contribution in [3.05, 3.63) is 34.4 Å². The molecule has 0 unspecified atom stereocenters. The van der Waals surface area contributed by atoms with E-state index >= 15 is 0 Å². The normalized spacial score (nSPS) is 9.76. The molecule has 90 valence electrons. The summed E-state index contributed by atoms with van der Waals surface area (Å²) in [5.41, 5.74) is 2.61. The van der Waals surface area contributed by atoms with Crippen LogP contribution in [-0.2, 0) is 16.5 Å². The van der Waals surface area contributed by atoms with Crippen molar-refractivity contribution in [3.63, 3.8) is 0 Å². The second kappa shape index (κ2) is 6.41. The maximum atomic E-state index is 11.8. The zero-order chi connectivity index (χ0) is 12.8. The van der Waals surface area contributed by atoms with Gasteiger partial charge in [-0.1, -0.05) is 28.9 Å². The molecule has 0 spiro atoms. The molecule has 0 aromatic heterocycles. The molecule has 0 heterocycles. The van der Waals surface area contributed by atoms with E-state index in [1.54, 1.807) is 13.0 Å². The fraction of sp³-hybridized carbons (Fsp3) is 0.385. The summed E-state index contributed by atoms with van der Waals surface area (Å²) in [7, 11) is 0. The second-order valence-corrected chi connectivity index (χ2v) is 4.06. The van der Waals surface area contributed by atoms with Gasteiger partial charge in [-0.05, 0) is 30.5 Å². The van der Waals surface area contributed by atoms with Crippen LogP contribution < -0.4 is 0 Å². The smallest absolute Gasteiger partial charge is 0.339 e. The maximum Gasteiger partial charge on any atom is 0.339 e. The lowest BCUT2D eigenvalue weighted by Gasteiger charge is -2.10. The number of carbonyl (C=O) groups excluding carboxylic acids is 1. The number of alkyl halides is 1. The van der Waals surface area contributed by atoms with Crippen LogP contribution in [0.25, 0.3) is 0 Å². The molecule has 0 saturated carbocycles. The van der Waals surface area contributed by atoms with Crippen molar-refractivity contribution < 1.29 is 9.53 Å². The lowest BCUT2D eigenvalue weighted by atomic mass is 9.98. The van der Waals surface area contributed by atoms with Crippen LogP contribution in [0.15, 0.2) is 12.1 Å². The van der Waals surface area contributed by atoms with E-state index in [9.17, 15) is 4.79 Å². The molecular formula is C13H14BrNO2. The predicted octanol–water partition coefficient (Wildman–Crippen LogP) is 3.19. The summed E-state index contributed by atoms with van der Waals surface area (Å²) in [5.74, 6) is -0.429. The zero-order valence-electron chi connectivity index (χ0n) is 9.92. The molecule has 0 N–H and O–H groups in total. The van der Waals surface area contributed by atoms with E-state index in [2.05, 4.69) is 22.0 Å². The fourth-order valence-corrected chi connectivity index (χ4v) is 2.05. The van der Waals surface area contributed by atoms with Crippen LogP contribution in [0.1, 0.15) is 40.9 Å². The van der Waals surface area contributed by atoms with Crippen LogP contribution in [0.3, 0.4) is 0 Å². The summed E-state index contributed by atoms with van der Waals surface area (Å²) in [5, 5.41) is 9.63. The summed E-state index contributed by atoms with van der Waals surface area (Å²) in [6, 6.07) is 5.74. The third kappa shape index (κ3) is 3.07. The molecule has 1 aromatic carbocycles. The molecular weight excluding hydrogens is 282 g/mol. The minimum Gasteiger partial charge on any atom is -0.462 e. The van der Waals surface area contributed by atoms with Crippen LogP contribution in [0.2, 0.25) is 0 Å². The highest BCUT2D eigenvalue weighted by molar-refractivity contribution is 9.08. The first kappa shape index (κ1) is 13.7. The number of aryl methyl sites for hydroxylation is 1. The molecule has 1 rings (SSSR count). The Kier molecular flexibility index (Phi) is 5.17. The van der Waals surface area contributed by atoms with Gasteiger partial charge in [0.05, 0.1) is 17.7 Å². The number of rotatable bonds is 4. The van der Waals surface area contributed by atoms with Gasteiger partial charge in [0.1, 0.15) is 6.07 Å². The number of nitrogens with zero attached hydrogens (tertiary/aromatic N) is 1. The lowest BCUT2D eigenvalue weighted by Crippen LogP contribution is -2.10. The van der Waals surface area contributed by atoms with Gasteiger partial charge in [-0.15, -0.1) is 0 Å². The number of carbonyl (C=O) groups is 1. The molecule has 0 saturated heterocycles. The highest BCUT2D eigenvalue weighted by atomic mass is 79.9. The van der Waals surface area contributed by atoms with E-state index in [0.717, 1.165) is 17.5 Å². The Labute approximate surface area is 110 Å². The minimum atomic E-state index is -0.429. The molecule has 0 aliphatic rings. The topological polar surface area (TPSA) is 50.1 Å². The second-order valence-electron chi connectivity index (χ2n) is 3.50. The van der Waals surface area contributed by atoms with Crippen molar-refractivity contribution in [1.29, 1.82) is 5.26 Å². The highest BCUT2D eigenvalue weighted by Gasteiger charge is 2.18. The van der Waals surface area contributed by atoms with Crippen molar-refractivity contribution in [2.45, 2.75) is 25.6 Å². The van der Waals surface area contributed by atoms with E-state index in [0.29, 0.717) is 23.1 Å². The van der Waals surface area contributed by atoms with E-state index < -0.39 is 5.97 Å². The molecule has 0 radical (unpaired) electrons. The van der Waals surface area contributed by atoms with Crippen LogP contribution >= 0.6 is 15.9 Å². The Morgan fingerprint density at radius 2 is 2.18 bits per heavy atom. The highest BCUT2D eigenvalue weighted by Crippen LogP contribution is 2.21. The Morgan fingerprint density at radius 1 is 1.47 bits per heavy atom. The quantitative estimate of drug-likeness (QED) is 0.633. The van der Waals surface area contributed by atoms with Crippen molar-refractivity contribution in [1.82, 2.24) is 0 Å². The number of hydrogen-bond donors (Lipinski definition) is 0. The SMILES string of the molecule is CCOC(=O)c1c(C#N)cc(CC)cc1CBr. The van der Waals surface area contributed by atoms with Crippen LogP contribution in [0, 0.1) is 11.3 Å². The molecule has 0 aliphatic carbocycles. The Balaban J connectivity index is 3.35. The fourth-order valence-electron chi connectivity index (χ4n) is 1.61. The molecule has 3 nitrogen and oxygen atoms in total. The van der Waals surface area contributed by atoms with Gasteiger partial charge in [-0.25, -0.2) is 4.79 Å². The van der Waals surface area contributed by atoms with Crippen molar-refractivity contribution in [2.75, 3.05) is 6.61 Å². The molecule has 1 aromatic rings. The standard InChI is InChI=1S/C13H14BrNO2/c1-3-9-5-10(7-14)12(11(6-9)8-15)13(16)17-4-2/h5-6H,3-4,7H2,1-2H3. The number of ether oxygens (including phenoxy) is 1. The Bertz CT molecular complexity index is 463. The van der Waals surface area contributed by atoms with Gasteiger partial charge in [-0.3, -0.25) is 0 Å².